The Balaban J connectivity index is 1.83. The molecule has 0 radical (unpaired) electrons. The van der Waals surface area contributed by atoms with Gasteiger partial charge in [-0.15, -0.1) is 0 Å². The normalized spacial score (nSPS) is 14.3. The Hall–Kier alpha value is -2.26. The van der Waals surface area contributed by atoms with Gasteiger partial charge in [0.05, 0.1) is 13.4 Å². The van der Waals surface area contributed by atoms with Crippen LogP contribution < -0.4 is 10.1 Å². The highest BCUT2D eigenvalue weighted by Crippen LogP contribution is 2.31. The summed E-state index contributed by atoms with van der Waals surface area (Å²) in [5.41, 5.74) is 3.54. The van der Waals surface area contributed by atoms with Gasteiger partial charge < -0.3 is 14.5 Å². The maximum absolute atomic E-state index is 5.79. The lowest BCUT2D eigenvalue weighted by Gasteiger charge is -2.34. The molecule has 1 aromatic heterocycles. The number of furan rings is 1. The number of nitrogens with one attached hydrogen (secondary N) is 1. The molecule has 0 amide bonds. The molecule has 3 rings (SSSR count). The zero-order valence-electron chi connectivity index (χ0n) is 16.4. The van der Waals surface area contributed by atoms with Crippen molar-refractivity contribution in [3.05, 3.63) is 65.9 Å². The monoisotopic (exact) mass is 351 g/mol. The molecule has 0 fully saturated rings. The third-order valence-corrected chi connectivity index (χ3v) is 5.08. The van der Waals surface area contributed by atoms with Crippen LogP contribution in [0.15, 0.2) is 59.2 Å². The highest BCUT2D eigenvalue weighted by atomic mass is 16.5. The molecule has 138 valence electrons. The van der Waals surface area contributed by atoms with Crippen molar-refractivity contribution in [1.29, 1.82) is 0 Å². The van der Waals surface area contributed by atoms with Gasteiger partial charge in [-0.1, -0.05) is 51.1 Å². The zero-order chi connectivity index (χ0) is 18.7. The average Bonchev–Trinajstić information content (AvgIpc) is 3.03. The van der Waals surface area contributed by atoms with Gasteiger partial charge in [0.25, 0.3) is 0 Å². The van der Waals surface area contributed by atoms with Crippen molar-refractivity contribution in [1.82, 2.24) is 5.32 Å². The van der Waals surface area contributed by atoms with E-state index in [1.54, 1.807) is 7.11 Å². The molecule has 0 saturated heterocycles. The number of hydrogen-bond donors (Lipinski definition) is 1. The second-order valence-electron chi connectivity index (χ2n) is 8.04. The van der Waals surface area contributed by atoms with Crippen LogP contribution in [-0.2, 0) is 6.42 Å². The van der Waals surface area contributed by atoms with Gasteiger partial charge in [-0.25, -0.2) is 0 Å². The first-order chi connectivity index (χ1) is 12.4. The van der Waals surface area contributed by atoms with E-state index in [-0.39, 0.29) is 5.41 Å². The second-order valence-corrected chi connectivity index (χ2v) is 8.04. The summed E-state index contributed by atoms with van der Waals surface area (Å²) in [5, 5.41) is 4.99. The molecule has 1 heterocycles. The van der Waals surface area contributed by atoms with Crippen molar-refractivity contribution in [2.75, 3.05) is 7.11 Å². The smallest absolute Gasteiger partial charge is 0.137 e. The van der Waals surface area contributed by atoms with E-state index >= 15 is 0 Å². The Bertz CT molecular complexity index is 846. The summed E-state index contributed by atoms with van der Waals surface area (Å²) < 4.78 is 11.1. The van der Waals surface area contributed by atoms with Gasteiger partial charge >= 0.3 is 0 Å². The van der Waals surface area contributed by atoms with E-state index in [1.165, 1.54) is 11.1 Å². The molecule has 2 aromatic carbocycles. The standard InChI is InChI=1S/C23H29NO2/c1-16(17-9-7-6-8-10-17)24-22(23(2,3)4)13-18-15-26-21-14-19(25-5)11-12-20(18)21/h6-12,14-16,22,24H,13H2,1-5H3/t16-,22-/m0/s1. The summed E-state index contributed by atoms with van der Waals surface area (Å²) in [6.45, 7) is 9.08. The summed E-state index contributed by atoms with van der Waals surface area (Å²) in [7, 11) is 1.68. The molecule has 3 heteroatoms. The van der Waals surface area contributed by atoms with Crippen molar-refractivity contribution >= 4 is 11.0 Å². The van der Waals surface area contributed by atoms with Crippen LogP contribution in [0.5, 0.6) is 5.75 Å². The van der Waals surface area contributed by atoms with E-state index in [4.69, 9.17) is 9.15 Å². The minimum absolute atomic E-state index is 0.124. The van der Waals surface area contributed by atoms with Gasteiger partial charge in [0.2, 0.25) is 0 Å². The maximum atomic E-state index is 5.79. The van der Waals surface area contributed by atoms with E-state index < -0.39 is 0 Å². The molecule has 0 unspecified atom stereocenters. The van der Waals surface area contributed by atoms with Gasteiger partial charge in [-0.2, -0.15) is 0 Å². The summed E-state index contributed by atoms with van der Waals surface area (Å²) >= 11 is 0. The van der Waals surface area contributed by atoms with E-state index in [2.05, 4.69) is 69.4 Å². The Labute approximate surface area is 156 Å². The van der Waals surface area contributed by atoms with Crippen LogP contribution in [-0.4, -0.2) is 13.2 Å². The number of hydrogen-bond acceptors (Lipinski definition) is 3. The van der Waals surface area contributed by atoms with Crippen molar-refractivity contribution in [3.8, 4) is 5.75 Å². The quantitative estimate of drug-likeness (QED) is 0.614. The van der Waals surface area contributed by atoms with Crippen LogP contribution in [0.3, 0.4) is 0 Å². The van der Waals surface area contributed by atoms with Gasteiger partial charge in [0.1, 0.15) is 11.3 Å². The average molecular weight is 351 g/mol. The van der Waals surface area contributed by atoms with E-state index in [0.717, 1.165) is 23.1 Å². The highest BCUT2D eigenvalue weighted by molar-refractivity contribution is 5.82. The van der Waals surface area contributed by atoms with Crippen LogP contribution in [0.2, 0.25) is 0 Å². The molecule has 0 aliphatic carbocycles. The lowest BCUT2D eigenvalue weighted by Crippen LogP contribution is -2.43. The highest BCUT2D eigenvalue weighted by Gasteiger charge is 2.27. The minimum Gasteiger partial charge on any atom is -0.497 e. The molecule has 0 aliphatic rings. The molecule has 2 atom stereocenters. The molecule has 0 saturated carbocycles. The van der Waals surface area contributed by atoms with Crippen molar-refractivity contribution in [2.45, 2.75) is 46.2 Å². The Morgan fingerprint density at radius 3 is 2.46 bits per heavy atom. The molecule has 0 bridgehead atoms. The van der Waals surface area contributed by atoms with Crippen molar-refractivity contribution in [2.24, 2.45) is 5.41 Å². The summed E-state index contributed by atoms with van der Waals surface area (Å²) in [6, 6.07) is 17.2. The van der Waals surface area contributed by atoms with Crippen LogP contribution in [0.4, 0.5) is 0 Å². The van der Waals surface area contributed by atoms with Gasteiger partial charge in [-0.3, -0.25) is 0 Å². The van der Waals surface area contributed by atoms with Crippen molar-refractivity contribution < 1.29 is 9.15 Å². The maximum Gasteiger partial charge on any atom is 0.137 e. The van der Waals surface area contributed by atoms with Crippen LogP contribution in [0, 0.1) is 5.41 Å². The van der Waals surface area contributed by atoms with Crippen LogP contribution in [0.25, 0.3) is 11.0 Å². The first-order valence-corrected chi connectivity index (χ1v) is 9.23. The van der Waals surface area contributed by atoms with Crippen LogP contribution >= 0.6 is 0 Å². The predicted molar refractivity (Wildman–Crippen MR) is 108 cm³/mol. The minimum atomic E-state index is 0.124. The number of benzene rings is 2. The number of methoxy groups -OCH3 is 1. The first kappa shape index (κ1) is 18.5. The lowest BCUT2D eigenvalue weighted by molar-refractivity contribution is 0.248. The first-order valence-electron chi connectivity index (χ1n) is 9.23. The molecule has 0 aliphatic heterocycles. The Morgan fingerprint density at radius 2 is 1.81 bits per heavy atom. The molecular weight excluding hydrogens is 322 g/mol. The van der Waals surface area contributed by atoms with Gasteiger partial charge in [0.15, 0.2) is 0 Å². The Kier molecular flexibility index (Phi) is 5.38. The summed E-state index contributed by atoms with van der Waals surface area (Å²) in [4.78, 5) is 0. The molecule has 0 spiro atoms. The van der Waals surface area contributed by atoms with Gasteiger partial charge in [0, 0.05) is 23.5 Å². The number of rotatable bonds is 6. The molecule has 26 heavy (non-hydrogen) atoms. The number of ether oxygens (including phenoxy) is 1. The van der Waals surface area contributed by atoms with E-state index in [1.807, 2.05) is 18.4 Å². The largest absolute Gasteiger partial charge is 0.497 e. The second kappa shape index (κ2) is 7.55. The fourth-order valence-electron chi connectivity index (χ4n) is 3.32. The third-order valence-electron chi connectivity index (χ3n) is 5.08. The number of fused-ring (bicyclic) bond motifs is 1. The molecule has 1 N–H and O–H groups in total. The summed E-state index contributed by atoms with van der Waals surface area (Å²) in [6.07, 6.45) is 2.80. The van der Waals surface area contributed by atoms with Crippen LogP contribution in [0.1, 0.15) is 44.9 Å². The molecule has 3 aromatic rings. The van der Waals surface area contributed by atoms with E-state index in [0.29, 0.717) is 12.1 Å². The van der Waals surface area contributed by atoms with Gasteiger partial charge in [-0.05, 0) is 42.0 Å². The fraction of sp³-hybridized carbons (Fsp3) is 0.391. The van der Waals surface area contributed by atoms with Crippen molar-refractivity contribution in [3.63, 3.8) is 0 Å². The fourth-order valence-corrected chi connectivity index (χ4v) is 3.32. The lowest BCUT2D eigenvalue weighted by atomic mass is 9.82. The Morgan fingerprint density at radius 1 is 1.08 bits per heavy atom. The SMILES string of the molecule is COc1ccc2c(C[C@H](N[C@@H](C)c3ccccc3)C(C)(C)C)coc2c1. The zero-order valence-corrected chi connectivity index (χ0v) is 16.4. The summed E-state index contributed by atoms with van der Waals surface area (Å²) in [5.74, 6) is 0.821. The van der Waals surface area contributed by atoms with E-state index in [9.17, 15) is 0 Å². The molecule has 3 nitrogen and oxygen atoms in total. The predicted octanol–water partition coefficient (Wildman–Crippen LogP) is 5.75. The third kappa shape index (κ3) is 4.10. The molecular formula is C23H29NO2. The topological polar surface area (TPSA) is 34.4 Å².